The Morgan fingerprint density at radius 3 is 2.39 bits per heavy atom. The van der Waals surface area contributed by atoms with Crippen LogP contribution in [-0.4, -0.2) is 19.0 Å². The monoisotopic (exact) mass is 453 g/mol. The largest absolute Gasteiger partial charge is 0.496 e. The summed E-state index contributed by atoms with van der Waals surface area (Å²) in [4.78, 5) is 16.6. The Balaban J connectivity index is 1.48. The van der Waals surface area contributed by atoms with E-state index in [2.05, 4.69) is 4.99 Å². The highest BCUT2D eigenvalue weighted by atomic mass is 35.5. The smallest absolute Gasteiger partial charge is 0.363 e. The van der Waals surface area contributed by atoms with Crippen LogP contribution in [0.3, 0.4) is 0 Å². The van der Waals surface area contributed by atoms with Gasteiger partial charge in [-0.05, 0) is 59.7 Å². The van der Waals surface area contributed by atoms with Gasteiger partial charge in [0.1, 0.15) is 18.1 Å². The fraction of sp³-hybridized carbons (Fsp3) is 0.0833. The standard InChI is InChI=1S/C24H17Cl2NO4/c1-29-22-11-8-18(26)13-20(22)23-27-21(24(28)31-23)12-15-4-9-19(10-5-15)30-14-16-2-6-17(25)7-3-16/h2-13H,14H2,1H3/b21-12-. The number of hydrogen-bond acceptors (Lipinski definition) is 5. The van der Waals surface area contributed by atoms with Crippen molar-refractivity contribution in [2.45, 2.75) is 6.61 Å². The van der Waals surface area contributed by atoms with Crippen molar-refractivity contribution < 1.29 is 19.0 Å². The number of esters is 1. The van der Waals surface area contributed by atoms with Gasteiger partial charge in [0.05, 0.1) is 12.7 Å². The fourth-order valence-electron chi connectivity index (χ4n) is 2.94. The number of carbonyl (C=O) groups is 1. The molecule has 0 unspecified atom stereocenters. The predicted octanol–water partition coefficient (Wildman–Crippen LogP) is 5.93. The Labute approximate surface area is 189 Å². The molecular weight excluding hydrogens is 437 g/mol. The number of cyclic esters (lactones) is 1. The van der Waals surface area contributed by atoms with Gasteiger partial charge in [-0.3, -0.25) is 0 Å². The lowest BCUT2D eigenvalue weighted by atomic mass is 10.2. The molecule has 1 heterocycles. The predicted molar refractivity (Wildman–Crippen MR) is 121 cm³/mol. The quantitative estimate of drug-likeness (QED) is 0.343. The van der Waals surface area contributed by atoms with Crippen LogP contribution in [-0.2, 0) is 16.1 Å². The Bertz CT molecular complexity index is 1170. The maximum absolute atomic E-state index is 12.3. The van der Waals surface area contributed by atoms with Crippen molar-refractivity contribution in [2.24, 2.45) is 4.99 Å². The van der Waals surface area contributed by atoms with Crippen molar-refractivity contribution in [3.8, 4) is 11.5 Å². The molecule has 1 aliphatic rings. The molecule has 0 spiro atoms. The van der Waals surface area contributed by atoms with Crippen LogP contribution in [0.1, 0.15) is 16.7 Å². The third-order valence-corrected chi connectivity index (χ3v) is 5.00. The molecule has 0 aliphatic carbocycles. The maximum atomic E-state index is 12.3. The first-order valence-electron chi connectivity index (χ1n) is 9.35. The molecule has 0 aromatic heterocycles. The fourth-order valence-corrected chi connectivity index (χ4v) is 3.24. The molecule has 3 aromatic rings. The van der Waals surface area contributed by atoms with Crippen molar-refractivity contribution in [3.05, 3.63) is 99.2 Å². The topological polar surface area (TPSA) is 57.1 Å². The number of hydrogen-bond donors (Lipinski definition) is 0. The van der Waals surface area contributed by atoms with Crippen molar-refractivity contribution >= 4 is 41.1 Å². The van der Waals surface area contributed by atoms with Crippen LogP contribution in [0.5, 0.6) is 11.5 Å². The Hall–Kier alpha value is -3.28. The molecule has 156 valence electrons. The number of nitrogens with zero attached hydrogens (tertiary/aromatic N) is 1. The van der Waals surface area contributed by atoms with Gasteiger partial charge in [-0.1, -0.05) is 47.5 Å². The van der Waals surface area contributed by atoms with E-state index in [4.69, 9.17) is 37.4 Å². The van der Waals surface area contributed by atoms with Gasteiger partial charge in [0.15, 0.2) is 5.70 Å². The average Bonchev–Trinajstić information content (AvgIpc) is 3.14. The lowest BCUT2D eigenvalue weighted by Crippen LogP contribution is -2.07. The van der Waals surface area contributed by atoms with Crippen molar-refractivity contribution in [2.75, 3.05) is 7.11 Å². The summed E-state index contributed by atoms with van der Waals surface area (Å²) in [5.41, 5.74) is 2.50. The van der Waals surface area contributed by atoms with Crippen LogP contribution >= 0.6 is 23.2 Å². The van der Waals surface area contributed by atoms with E-state index in [1.165, 1.54) is 7.11 Å². The summed E-state index contributed by atoms with van der Waals surface area (Å²) in [6, 6.07) is 19.8. The molecule has 0 atom stereocenters. The first kappa shape index (κ1) is 21.0. The van der Waals surface area contributed by atoms with E-state index in [1.807, 2.05) is 48.5 Å². The molecule has 0 fully saturated rings. The minimum Gasteiger partial charge on any atom is -0.496 e. The molecule has 5 nitrogen and oxygen atoms in total. The van der Waals surface area contributed by atoms with Gasteiger partial charge >= 0.3 is 5.97 Å². The van der Waals surface area contributed by atoms with E-state index in [0.717, 1.165) is 11.1 Å². The Kier molecular flexibility index (Phi) is 6.26. The number of halogens is 2. The third kappa shape index (κ3) is 5.08. The Morgan fingerprint density at radius 2 is 1.68 bits per heavy atom. The summed E-state index contributed by atoms with van der Waals surface area (Å²) in [6.45, 7) is 0.430. The highest BCUT2D eigenvalue weighted by Gasteiger charge is 2.26. The summed E-state index contributed by atoms with van der Waals surface area (Å²) in [5.74, 6) is 0.831. The van der Waals surface area contributed by atoms with Gasteiger partial charge in [-0.25, -0.2) is 9.79 Å². The second-order valence-electron chi connectivity index (χ2n) is 6.66. The molecule has 0 N–H and O–H groups in total. The molecular formula is C24H17Cl2NO4. The lowest BCUT2D eigenvalue weighted by Gasteiger charge is -2.07. The number of aliphatic imine (C=N–C) groups is 1. The lowest BCUT2D eigenvalue weighted by molar-refractivity contribution is -0.129. The summed E-state index contributed by atoms with van der Waals surface area (Å²) in [7, 11) is 1.53. The highest BCUT2D eigenvalue weighted by Crippen LogP contribution is 2.28. The zero-order valence-electron chi connectivity index (χ0n) is 16.5. The van der Waals surface area contributed by atoms with Gasteiger partial charge in [0.2, 0.25) is 5.90 Å². The number of ether oxygens (including phenoxy) is 3. The van der Waals surface area contributed by atoms with Gasteiger partial charge in [0.25, 0.3) is 0 Å². The Morgan fingerprint density at radius 1 is 0.968 bits per heavy atom. The maximum Gasteiger partial charge on any atom is 0.363 e. The molecule has 4 rings (SSSR count). The normalized spacial score (nSPS) is 14.4. The van der Waals surface area contributed by atoms with E-state index >= 15 is 0 Å². The van der Waals surface area contributed by atoms with Crippen LogP contribution in [0.25, 0.3) is 6.08 Å². The van der Waals surface area contributed by atoms with Gasteiger partial charge in [-0.2, -0.15) is 0 Å². The molecule has 3 aromatic carbocycles. The number of carbonyl (C=O) groups excluding carboxylic acids is 1. The number of rotatable bonds is 6. The molecule has 0 saturated heterocycles. The van der Waals surface area contributed by atoms with Crippen molar-refractivity contribution in [3.63, 3.8) is 0 Å². The van der Waals surface area contributed by atoms with Crippen molar-refractivity contribution in [1.82, 2.24) is 0 Å². The van der Waals surface area contributed by atoms with Gasteiger partial charge < -0.3 is 14.2 Å². The van der Waals surface area contributed by atoms with Crippen LogP contribution in [0.4, 0.5) is 0 Å². The molecule has 0 radical (unpaired) electrons. The minimum absolute atomic E-state index is 0.151. The van der Waals surface area contributed by atoms with Gasteiger partial charge in [0, 0.05) is 10.0 Å². The molecule has 0 amide bonds. The van der Waals surface area contributed by atoms with Crippen LogP contribution in [0.2, 0.25) is 10.0 Å². The average molecular weight is 454 g/mol. The summed E-state index contributed by atoms with van der Waals surface area (Å²) in [5, 5.41) is 1.17. The SMILES string of the molecule is COc1ccc(Cl)cc1C1=N/C(=C\c2ccc(OCc3ccc(Cl)cc3)cc2)C(=O)O1. The van der Waals surface area contributed by atoms with E-state index < -0.39 is 5.97 Å². The zero-order chi connectivity index (χ0) is 21.8. The highest BCUT2D eigenvalue weighted by molar-refractivity contribution is 6.31. The van der Waals surface area contributed by atoms with Crippen LogP contribution in [0.15, 0.2) is 77.4 Å². The second-order valence-corrected chi connectivity index (χ2v) is 7.54. The van der Waals surface area contributed by atoms with Crippen LogP contribution in [0, 0.1) is 0 Å². The number of benzene rings is 3. The molecule has 7 heteroatoms. The van der Waals surface area contributed by atoms with E-state index in [-0.39, 0.29) is 11.6 Å². The second kappa shape index (κ2) is 9.25. The van der Waals surface area contributed by atoms with Crippen molar-refractivity contribution in [1.29, 1.82) is 0 Å². The number of methoxy groups -OCH3 is 1. The third-order valence-electron chi connectivity index (χ3n) is 4.51. The van der Waals surface area contributed by atoms with E-state index in [1.54, 1.807) is 24.3 Å². The summed E-state index contributed by atoms with van der Waals surface area (Å²) in [6.07, 6.45) is 1.65. The molecule has 0 saturated carbocycles. The van der Waals surface area contributed by atoms with E-state index in [0.29, 0.717) is 33.7 Å². The van der Waals surface area contributed by atoms with E-state index in [9.17, 15) is 4.79 Å². The first-order chi connectivity index (χ1) is 15.0. The van der Waals surface area contributed by atoms with Crippen LogP contribution < -0.4 is 9.47 Å². The molecule has 31 heavy (non-hydrogen) atoms. The summed E-state index contributed by atoms with van der Waals surface area (Å²) < 4.78 is 16.4. The molecule has 0 bridgehead atoms. The zero-order valence-corrected chi connectivity index (χ0v) is 18.0. The summed E-state index contributed by atoms with van der Waals surface area (Å²) >= 11 is 11.9. The van der Waals surface area contributed by atoms with Gasteiger partial charge in [-0.15, -0.1) is 0 Å². The minimum atomic E-state index is -0.542. The first-order valence-corrected chi connectivity index (χ1v) is 10.1. The molecule has 1 aliphatic heterocycles.